The molecule has 0 amide bonds. The Morgan fingerprint density at radius 3 is 3.10 bits per heavy atom. The van der Waals surface area contributed by atoms with Crippen LogP contribution in [-0.2, 0) is 23.0 Å². The van der Waals surface area contributed by atoms with Crippen molar-refractivity contribution in [3.8, 4) is 0 Å². The van der Waals surface area contributed by atoms with Crippen molar-refractivity contribution in [1.29, 1.82) is 0 Å². The van der Waals surface area contributed by atoms with Crippen LogP contribution in [0.1, 0.15) is 12.5 Å². The zero-order valence-corrected chi connectivity index (χ0v) is 12.6. The van der Waals surface area contributed by atoms with Crippen molar-refractivity contribution in [2.45, 2.75) is 30.8 Å². The van der Waals surface area contributed by atoms with E-state index in [4.69, 9.17) is 0 Å². The second kappa shape index (κ2) is 5.50. The number of rotatable bonds is 5. The van der Waals surface area contributed by atoms with Crippen molar-refractivity contribution in [3.63, 3.8) is 0 Å². The van der Waals surface area contributed by atoms with Gasteiger partial charge in [-0.15, -0.1) is 0 Å². The van der Waals surface area contributed by atoms with Gasteiger partial charge < -0.3 is 5.32 Å². The first-order valence-electron chi connectivity index (χ1n) is 6.91. The van der Waals surface area contributed by atoms with Crippen LogP contribution < -0.4 is 10.0 Å². The summed E-state index contributed by atoms with van der Waals surface area (Å²) >= 11 is 0. The van der Waals surface area contributed by atoms with Gasteiger partial charge in [0.15, 0.2) is 0 Å². The Balaban J connectivity index is 1.74. The SMILES string of the molecule is CC(Cn1cccn1)NS(=O)(=O)c1ccc2c(c1)CCN2. The third kappa shape index (κ3) is 3.08. The van der Waals surface area contributed by atoms with Crippen LogP contribution >= 0.6 is 0 Å². The van der Waals surface area contributed by atoms with E-state index in [2.05, 4.69) is 15.1 Å². The number of sulfonamides is 1. The molecule has 3 rings (SSSR count). The lowest BCUT2D eigenvalue weighted by molar-refractivity contribution is 0.494. The van der Waals surface area contributed by atoms with Crippen molar-refractivity contribution in [3.05, 3.63) is 42.2 Å². The maximum atomic E-state index is 12.4. The van der Waals surface area contributed by atoms with Crippen LogP contribution in [0.4, 0.5) is 5.69 Å². The van der Waals surface area contributed by atoms with E-state index in [-0.39, 0.29) is 6.04 Å². The predicted molar refractivity (Wildman–Crippen MR) is 80.6 cm³/mol. The van der Waals surface area contributed by atoms with Gasteiger partial charge in [-0.05, 0) is 43.2 Å². The molecular formula is C14H18N4O2S. The summed E-state index contributed by atoms with van der Waals surface area (Å²) in [5.74, 6) is 0. The van der Waals surface area contributed by atoms with E-state index in [0.29, 0.717) is 11.4 Å². The van der Waals surface area contributed by atoms with Gasteiger partial charge in [0.05, 0.1) is 11.4 Å². The average molecular weight is 306 g/mol. The normalized spacial score (nSPS) is 15.5. The second-order valence-electron chi connectivity index (χ2n) is 5.25. The third-order valence-electron chi connectivity index (χ3n) is 3.47. The van der Waals surface area contributed by atoms with Gasteiger partial charge in [0.2, 0.25) is 10.0 Å². The molecular weight excluding hydrogens is 288 g/mol. The number of fused-ring (bicyclic) bond motifs is 1. The minimum atomic E-state index is -3.50. The van der Waals surface area contributed by atoms with Crippen LogP contribution in [0, 0.1) is 0 Å². The highest BCUT2D eigenvalue weighted by molar-refractivity contribution is 7.89. The first kappa shape index (κ1) is 14.1. The molecule has 0 aliphatic carbocycles. The summed E-state index contributed by atoms with van der Waals surface area (Å²) in [5.41, 5.74) is 2.08. The van der Waals surface area contributed by atoms with Gasteiger partial charge >= 0.3 is 0 Å². The van der Waals surface area contributed by atoms with Crippen molar-refractivity contribution in [2.75, 3.05) is 11.9 Å². The molecule has 0 radical (unpaired) electrons. The summed E-state index contributed by atoms with van der Waals surface area (Å²) in [4.78, 5) is 0.317. The molecule has 1 aliphatic rings. The molecule has 0 spiro atoms. The molecule has 1 aliphatic heterocycles. The lowest BCUT2D eigenvalue weighted by Crippen LogP contribution is -2.35. The van der Waals surface area contributed by atoms with Crippen LogP contribution in [0.25, 0.3) is 0 Å². The zero-order valence-electron chi connectivity index (χ0n) is 11.8. The van der Waals surface area contributed by atoms with Crippen molar-refractivity contribution < 1.29 is 8.42 Å². The minimum absolute atomic E-state index is 0.235. The maximum absolute atomic E-state index is 12.4. The number of nitrogens with one attached hydrogen (secondary N) is 2. The van der Waals surface area contributed by atoms with Crippen LogP contribution in [0.15, 0.2) is 41.6 Å². The molecule has 112 valence electrons. The molecule has 2 heterocycles. The third-order valence-corrected chi connectivity index (χ3v) is 5.06. The molecule has 21 heavy (non-hydrogen) atoms. The molecule has 1 aromatic carbocycles. The Morgan fingerprint density at radius 2 is 2.33 bits per heavy atom. The van der Waals surface area contributed by atoms with Gasteiger partial charge in [0, 0.05) is 30.7 Å². The predicted octanol–water partition coefficient (Wildman–Crippen LogP) is 1.22. The van der Waals surface area contributed by atoms with Gasteiger partial charge in [-0.25, -0.2) is 13.1 Å². The highest BCUT2D eigenvalue weighted by Crippen LogP contribution is 2.25. The number of aromatic nitrogens is 2. The van der Waals surface area contributed by atoms with E-state index in [0.717, 1.165) is 24.2 Å². The van der Waals surface area contributed by atoms with Gasteiger partial charge in [0.1, 0.15) is 0 Å². The largest absolute Gasteiger partial charge is 0.384 e. The highest BCUT2D eigenvalue weighted by atomic mass is 32.2. The first-order valence-corrected chi connectivity index (χ1v) is 8.39. The monoisotopic (exact) mass is 306 g/mol. The molecule has 6 nitrogen and oxygen atoms in total. The van der Waals surface area contributed by atoms with Gasteiger partial charge in [-0.1, -0.05) is 0 Å². The van der Waals surface area contributed by atoms with Crippen molar-refractivity contribution in [1.82, 2.24) is 14.5 Å². The number of hydrogen-bond donors (Lipinski definition) is 2. The second-order valence-corrected chi connectivity index (χ2v) is 6.96. The molecule has 0 fully saturated rings. The molecule has 0 saturated carbocycles. The summed E-state index contributed by atoms with van der Waals surface area (Å²) in [6.07, 6.45) is 4.35. The van der Waals surface area contributed by atoms with Gasteiger partial charge in [-0.2, -0.15) is 5.10 Å². The van der Waals surface area contributed by atoms with E-state index >= 15 is 0 Å². The minimum Gasteiger partial charge on any atom is -0.384 e. The summed E-state index contributed by atoms with van der Waals surface area (Å²) < 4.78 is 29.2. The lowest BCUT2D eigenvalue weighted by atomic mass is 10.2. The van der Waals surface area contributed by atoms with Crippen LogP contribution in [0.5, 0.6) is 0 Å². The Bertz CT molecular complexity index is 725. The Labute approximate surface area is 124 Å². The average Bonchev–Trinajstić information content (AvgIpc) is 3.07. The van der Waals surface area contributed by atoms with E-state index in [1.165, 1.54) is 0 Å². The Hall–Kier alpha value is -1.86. The zero-order chi connectivity index (χ0) is 14.9. The smallest absolute Gasteiger partial charge is 0.240 e. The standard InChI is InChI=1S/C14H18N4O2S/c1-11(10-18-8-2-6-16-18)17-21(19,20)13-3-4-14-12(9-13)5-7-15-14/h2-4,6,8-9,11,15,17H,5,7,10H2,1H3. The van der Waals surface area contributed by atoms with Crippen molar-refractivity contribution in [2.24, 2.45) is 0 Å². The molecule has 1 unspecified atom stereocenters. The quantitative estimate of drug-likeness (QED) is 0.871. The summed E-state index contributed by atoms with van der Waals surface area (Å²) in [7, 11) is -3.50. The topological polar surface area (TPSA) is 76.0 Å². The maximum Gasteiger partial charge on any atom is 0.240 e. The van der Waals surface area contributed by atoms with E-state index in [1.54, 1.807) is 23.0 Å². The summed E-state index contributed by atoms with van der Waals surface area (Å²) in [6.45, 7) is 3.19. The number of nitrogens with zero attached hydrogens (tertiary/aromatic N) is 2. The van der Waals surface area contributed by atoms with Crippen LogP contribution in [-0.4, -0.2) is 30.8 Å². The first-order chi connectivity index (χ1) is 10.0. The molecule has 1 atom stereocenters. The van der Waals surface area contributed by atoms with E-state index in [1.807, 2.05) is 25.3 Å². The van der Waals surface area contributed by atoms with Crippen LogP contribution in [0.2, 0.25) is 0 Å². The fraction of sp³-hybridized carbons (Fsp3) is 0.357. The molecule has 1 aromatic heterocycles. The lowest BCUT2D eigenvalue weighted by Gasteiger charge is -2.15. The van der Waals surface area contributed by atoms with Crippen LogP contribution in [0.3, 0.4) is 0 Å². The fourth-order valence-corrected chi connectivity index (χ4v) is 3.79. The number of anilines is 1. The summed E-state index contributed by atoms with van der Waals surface area (Å²) in [6, 6.07) is 6.80. The van der Waals surface area contributed by atoms with Crippen molar-refractivity contribution >= 4 is 15.7 Å². The Morgan fingerprint density at radius 1 is 1.48 bits per heavy atom. The summed E-state index contributed by atoms with van der Waals surface area (Å²) in [5, 5.41) is 7.30. The molecule has 2 aromatic rings. The van der Waals surface area contributed by atoms with E-state index < -0.39 is 10.0 Å². The molecule has 7 heteroatoms. The van der Waals surface area contributed by atoms with E-state index in [9.17, 15) is 8.42 Å². The molecule has 2 N–H and O–H groups in total. The Kier molecular flexibility index (Phi) is 3.69. The van der Waals surface area contributed by atoms with Gasteiger partial charge in [-0.3, -0.25) is 4.68 Å². The number of benzene rings is 1. The fourth-order valence-electron chi connectivity index (χ4n) is 2.51. The molecule has 0 bridgehead atoms. The highest BCUT2D eigenvalue weighted by Gasteiger charge is 2.20. The molecule has 0 saturated heterocycles. The van der Waals surface area contributed by atoms with Gasteiger partial charge in [0.25, 0.3) is 0 Å². The number of hydrogen-bond acceptors (Lipinski definition) is 4.